The minimum absolute atomic E-state index is 0.257. The van der Waals surface area contributed by atoms with E-state index in [1.807, 2.05) is 36.4 Å². The molecule has 0 atom stereocenters. The average Bonchev–Trinajstić information content (AvgIpc) is 3.01. The fourth-order valence-electron chi connectivity index (χ4n) is 5.25. The summed E-state index contributed by atoms with van der Waals surface area (Å²) in [5, 5.41) is 11.0. The zero-order chi connectivity index (χ0) is 21.5. The van der Waals surface area contributed by atoms with Crippen LogP contribution in [0.2, 0.25) is 0 Å². The molecule has 3 aromatic rings. The normalized spacial score (nSPS) is 16.2. The number of carboxylic acids is 1. The standard InChI is InChI=1S/C26H25NO4/c1-31-26(30)18-11-12-21-22(14-18)27-15-19(25(28)29)13-17-9-5-6-10-20(17)24(27)23(21)16-7-3-2-4-8-16/h5-6,9-14,16H,2-4,7-8,15H2,1H3,(H,28,29). The van der Waals surface area contributed by atoms with Crippen molar-refractivity contribution >= 4 is 28.9 Å². The number of carbonyl (C=O) groups is 2. The second-order valence-electron chi connectivity index (χ2n) is 8.47. The molecule has 0 spiro atoms. The van der Waals surface area contributed by atoms with E-state index in [2.05, 4.69) is 10.6 Å². The van der Waals surface area contributed by atoms with E-state index in [0.717, 1.165) is 40.6 Å². The van der Waals surface area contributed by atoms with Gasteiger partial charge in [0.2, 0.25) is 0 Å². The predicted molar refractivity (Wildman–Crippen MR) is 120 cm³/mol. The van der Waals surface area contributed by atoms with Gasteiger partial charge in [0.15, 0.2) is 0 Å². The maximum Gasteiger partial charge on any atom is 0.337 e. The number of fused-ring (bicyclic) bond motifs is 5. The lowest BCUT2D eigenvalue weighted by Crippen LogP contribution is -2.10. The van der Waals surface area contributed by atoms with E-state index in [9.17, 15) is 14.7 Å². The predicted octanol–water partition coefficient (Wildman–Crippen LogP) is 5.62. The van der Waals surface area contributed by atoms with Gasteiger partial charge in [0.1, 0.15) is 0 Å². The largest absolute Gasteiger partial charge is 0.478 e. The van der Waals surface area contributed by atoms with Gasteiger partial charge in [-0.15, -0.1) is 0 Å². The zero-order valence-corrected chi connectivity index (χ0v) is 17.6. The molecule has 2 heterocycles. The van der Waals surface area contributed by atoms with Crippen LogP contribution in [0.25, 0.3) is 28.2 Å². The number of hydrogen-bond acceptors (Lipinski definition) is 3. The van der Waals surface area contributed by atoms with Gasteiger partial charge in [-0.3, -0.25) is 0 Å². The smallest absolute Gasteiger partial charge is 0.337 e. The van der Waals surface area contributed by atoms with Crippen LogP contribution in [-0.2, 0) is 16.1 Å². The van der Waals surface area contributed by atoms with Crippen molar-refractivity contribution in [2.24, 2.45) is 0 Å². The Morgan fingerprint density at radius 2 is 1.84 bits per heavy atom. The molecule has 2 aliphatic rings. The van der Waals surface area contributed by atoms with Gasteiger partial charge in [-0.05, 0) is 48.1 Å². The number of rotatable bonds is 3. The van der Waals surface area contributed by atoms with Gasteiger partial charge in [-0.1, -0.05) is 49.6 Å². The van der Waals surface area contributed by atoms with Crippen LogP contribution < -0.4 is 0 Å². The molecule has 0 radical (unpaired) electrons. The second kappa shape index (κ2) is 7.73. The Kier molecular flexibility index (Phi) is 4.89. The molecule has 1 aliphatic carbocycles. The minimum atomic E-state index is -0.923. The summed E-state index contributed by atoms with van der Waals surface area (Å²) in [6.07, 6.45) is 7.72. The summed E-state index contributed by atoms with van der Waals surface area (Å²) in [6.45, 7) is 0.257. The molecule has 5 rings (SSSR count). The monoisotopic (exact) mass is 415 g/mol. The lowest BCUT2D eigenvalue weighted by atomic mass is 9.81. The van der Waals surface area contributed by atoms with Crippen LogP contribution in [0.4, 0.5) is 0 Å². The van der Waals surface area contributed by atoms with Gasteiger partial charge in [0.05, 0.1) is 30.5 Å². The number of benzene rings is 2. The summed E-state index contributed by atoms with van der Waals surface area (Å²) in [7, 11) is 1.38. The van der Waals surface area contributed by atoms with Gasteiger partial charge in [-0.2, -0.15) is 0 Å². The van der Waals surface area contributed by atoms with Crippen LogP contribution in [0.3, 0.4) is 0 Å². The highest BCUT2D eigenvalue weighted by Gasteiger charge is 2.30. The van der Waals surface area contributed by atoms with Crippen molar-refractivity contribution in [1.82, 2.24) is 4.57 Å². The summed E-state index contributed by atoms with van der Waals surface area (Å²) < 4.78 is 7.03. The Balaban J connectivity index is 1.85. The number of nitrogens with zero attached hydrogens (tertiary/aromatic N) is 1. The number of carbonyl (C=O) groups excluding carboxylic acids is 1. The number of hydrogen-bond donors (Lipinski definition) is 1. The van der Waals surface area contributed by atoms with Crippen molar-refractivity contribution < 1.29 is 19.4 Å². The Labute approximate surface area is 180 Å². The van der Waals surface area contributed by atoms with Gasteiger partial charge in [0.25, 0.3) is 0 Å². The van der Waals surface area contributed by atoms with E-state index in [1.165, 1.54) is 31.9 Å². The summed E-state index contributed by atoms with van der Waals surface area (Å²) in [6, 6.07) is 13.7. The first-order valence-electron chi connectivity index (χ1n) is 10.9. The SMILES string of the molecule is COC(=O)c1ccc2c(C3CCCCC3)c3n(c2c1)CC(C(=O)O)=Cc1ccccc1-3. The van der Waals surface area contributed by atoms with Crippen LogP contribution >= 0.6 is 0 Å². The fraction of sp³-hybridized carbons (Fsp3) is 0.308. The number of aliphatic carboxylic acids is 1. The lowest BCUT2D eigenvalue weighted by molar-refractivity contribution is -0.132. The first-order chi connectivity index (χ1) is 15.1. The molecule has 5 heteroatoms. The Hall–Kier alpha value is -3.34. The molecule has 1 fully saturated rings. The fourth-order valence-corrected chi connectivity index (χ4v) is 5.25. The molecule has 2 aromatic carbocycles. The molecule has 1 aliphatic heterocycles. The Morgan fingerprint density at radius 1 is 1.06 bits per heavy atom. The minimum Gasteiger partial charge on any atom is -0.478 e. The molecule has 0 saturated heterocycles. The van der Waals surface area contributed by atoms with Crippen molar-refractivity contribution in [3.05, 3.63) is 64.7 Å². The van der Waals surface area contributed by atoms with Gasteiger partial charge in [0, 0.05) is 16.5 Å². The van der Waals surface area contributed by atoms with Crippen molar-refractivity contribution in [2.45, 2.75) is 44.6 Å². The van der Waals surface area contributed by atoms with E-state index in [0.29, 0.717) is 17.1 Å². The van der Waals surface area contributed by atoms with Gasteiger partial charge >= 0.3 is 11.9 Å². The maximum absolute atomic E-state index is 12.2. The maximum atomic E-state index is 12.2. The molecule has 0 amide bonds. The third-order valence-corrected chi connectivity index (χ3v) is 6.69. The van der Waals surface area contributed by atoms with Crippen molar-refractivity contribution in [3.63, 3.8) is 0 Å². The molecule has 5 nitrogen and oxygen atoms in total. The summed E-state index contributed by atoms with van der Waals surface area (Å²) in [5.74, 6) is -0.886. The summed E-state index contributed by atoms with van der Waals surface area (Å²) >= 11 is 0. The van der Waals surface area contributed by atoms with Gasteiger partial charge < -0.3 is 14.4 Å². The molecule has 1 aromatic heterocycles. The summed E-state index contributed by atoms with van der Waals surface area (Å²) in [4.78, 5) is 24.3. The van der Waals surface area contributed by atoms with Crippen LogP contribution in [0.15, 0.2) is 48.0 Å². The second-order valence-corrected chi connectivity index (χ2v) is 8.47. The highest BCUT2D eigenvalue weighted by Crippen LogP contribution is 2.46. The Morgan fingerprint density at radius 3 is 2.58 bits per heavy atom. The molecule has 1 N–H and O–H groups in total. The number of carboxylic acid groups (broad SMARTS) is 1. The van der Waals surface area contributed by atoms with E-state index >= 15 is 0 Å². The third-order valence-electron chi connectivity index (χ3n) is 6.69. The molecular formula is C26H25NO4. The van der Waals surface area contributed by atoms with Gasteiger partial charge in [-0.25, -0.2) is 9.59 Å². The first kappa shape index (κ1) is 19.6. The lowest BCUT2D eigenvalue weighted by Gasteiger charge is -2.24. The van der Waals surface area contributed by atoms with E-state index < -0.39 is 5.97 Å². The molecule has 0 unspecified atom stereocenters. The van der Waals surface area contributed by atoms with Crippen LogP contribution in [0.1, 0.15) is 59.5 Å². The van der Waals surface area contributed by atoms with Crippen LogP contribution in [-0.4, -0.2) is 28.7 Å². The van der Waals surface area contributed by atoms with Crippen LogP contribution in [0, 0.1) is 0 Å². The number of esters is 1. The molecule has 0 bridgehead atoms. The van der Waals surface area contributed by atoms with E-state index in [1.54, 1.807) is 6.08 Å². The zero-order valence-electron chi connectivity index (χ0n) is 17.6. The van der Waals surface area contributed by atoms with E-state index in [-0.39, 0.29) is 12.5 Å². The first-order valence-corrected chi connectivity index (χ1v) is 10.9. The highest BCUT2D eigenvalue weighted by molar-refractivity contribution is 6.02. The average molecular weight is 415 g/mol. The highest BCUT2D eigenvalue weighted by atomic mass is 16.5. The molecule has 1 saturated carbocycles. The molecule has 158 valence electrons. The molecular weight excluding hydrogens is 390 g/mol. The van der Waals surface area contributed by atoms with Crippen molar-refractivity contribution in [2.75, 3.05) is 7.11 Å². The third kappa shape index (κ3) is 3.25. The van der Waals surface area contributed by atoms with Crippen molar-refractivity contribution in [1.29, 1.82) is 0 Å². The number of aromatic nitrogens is 1. The van der Waals surface area contributed by atoms with E-state index in [4.69, 9.17) is 4.74 Å². The topological polar surface area (TPSA) is 68.5 Å². The van der Waals surface area contributed by atoms with Crippen molar-refractivity contribution in [3.8, 4) is 11.3 Å². The number of methoxy groups -OCH3 is 1. The summed E-state index contributed by atoms with van der Waals surface area (Å²) in [5.41, 5.74) is 6.06. The molecule has 31 heavy (non-hydrogen) atoms. The Bertz CT molecular complexity index is 1230. The van der Waals surface area contributed by atoms with Crippen LogP contribution in [0.5, 0.6) is 0 Å². The quantitative estimate of drug-likeness (QED) is 0.564. The number of ether oxygens (including phenoxy) is 1.